The number of rotatable bonds is 6. The molecule has 5 nitrogen and oxygen atoms in total. The lowest BCUT2D eigenvalue weighted by molar-refractivity contribution is 0.0982. The Morgan fingerprint density at radius 3 is 2.52 bits per heavy atom. The Hall–Kier alpha value is -1.86. The average molecular weight is 424 g/mol. The van der Waals surface area contributed by atoms with Crippen molar-refractivity contribution < 1.29 is 9.53 Å². The standard InChI is InChI=1S/C19H19Cl2N3O2S/c1-23(2)8-9-24(18(25)14-10-12(20)5-7-16(14)26-3)19-22-15-6-4-13(21)11-17(15)27-19/h4-7,10-11H,8-9H2,1-3H3. The summed E-state index contributed by atoms with van der Waals surface area (Å²) in [6, 6.07) is 10.5. The van der Waals surface area contributed by atoms with E-state index >= 15 is 0 Å². The molecule has 0 bridgehead atoms. The molecule has 0 radical (unpaired) electrons. The van der Waals surface area contributed by atoms with Gasteiger partial charge >= 0.3 is 0 Å². The molecule has 0 saturated heterocycles. The highest BCUT2D eigenvalue weighted by Crippen LogP contribution is 2.33. The molecule has 1 amide bonds. The van der Waals surface area contributed by atoms with Crippen LogP contribution in [-0.4, -0.2) is 50.1 Å². The maximum Gasteiger partial charge on any atom is 0.263 e. The van der Waals surface area contributed by atoms with Gasteiger partial charge in [0.15, 0.2) is 5.13 Å². The topological polar surface area (TPSA) is 45.7 Å². The number of ether oxygens (including phenoxy) is 1. The highest BCUT2D eigenvalue weighted by molar-refractivity contribution is 7.22. The molecule has 0 aliphatic rings. The molecule has 0 atom stereocenters. The van der Waals surface area contributed by atoms with Crippen LogP contribution in [0.2, 0.25) is 10.0 Å². The Morgan fingerprint density at radius 2 is 1.81 bits per heavy atom. The third-order valence-electron chi connectivity index (χ3n) is 3.98. The number of anilines is 1. The average Bonchev–Trinajstić information content (AvgIpc) is 3.04. The van der Waals surface area contributed by atoms with Gasteiger partial charge in [-0.05, 0) is 50.5 Å². The SMILES string of the molecule is COc1ccc(Cl)cc1C(=O)N(CCN(C)C)c1nc2ccc(Cl)cc2s1. The zero-order chi connectivity index (χ0) is 19.6. The van der Waals surface area contributed by atoms with Crippen molar-refractivity contribution in [3.05, 3.63) is 52.0 Å². The minimum atomic E-state index is -0.207. The van der Waals surface area contributed by atoms with Crippen LogP contribution in [0.15, 0.2) is 36.4 Å². The number of methoxy groups -OCH3 is 1. The quantitative estimate of drug-likeness (QED) is 0.569. The predicted molar refractivity (Wildman–Crippen MR) is 113 cm³/mol. The fourth-order valence-corrected chi connectivity index (χ4v) is 4.02. The summed E-state index contributed by atoms with van der Waals surface area (Å²) in [5, 5.41) is 1.73. The maximum atomic E-state index is 13.3. The predicted octanol–water partition coefficient (Wildman–Crippen LogP) is 4.82. The number of carbonyl (C=O) groups excluding carboxylic acids is 1. The zero-order valence-electron chi connectivity index (χ0n) is 15.2. The Labute approximate surface area is 172 Å². The van der Waals surface area contributed by atoms with Crippen molar-refractivity contribution in [2.24, 2.45) is 0 Å². The molecule has 0 fully saturated rings. The van der Waals surface area contributed by atoms with Crippen LogP contribution in [0.3, 0.4) is 0 Å². The number of fused-ring (bicyclic) bond motifs is 1. The number of carbonyl (C=O) groups is 1. The molecule has 1 aromatic heterocycles. The van der Waals surface area contributed by atoms with Gasteiger partial charge in [-0.2, -0.15) is 0 Å². The van der Waals surface area contributed by atoms with Crippen LogP contribution < -0.4 is 9.64 Å². The normalized spacial score (nSPS) is 11.2. The second-order valence-electron chi connectivity index (χ2n) is 6.21. The summed E-state index contributed by atoms with van der Waals surface area (Å²) in [6.45, 7) is 1.17. The first-order valence-corrected chi connectivity index (χ1v) is 9.82. The van der Waals surface area contributed by atoms with E-state index in [4.69, 9.17) is 27.9 Å². The number of benzene rings is 2. The second-order valence-corrected chi connectivity index (χ2v) is 8.10. The van der Waals surface area contributed by atoms with Crippen LogP contribution in [0.1, 0.15) is 10.4 Å². The summed E-state index contributed by atoms with van der Waals surface area (Å²) in [4.78, 5) is 21.6. The number of aromatic nitrogens is 1. The number of thiazole rings is 1. The fourth-order valence-electron chi connectivity index (χ4n) is 2.58. The summed E-state index contributed by atoms with van der Waals surface area (Å²) in [6.07, 6.45) is 0. The summed E-state index contributed by atoms with van der Waals surface area (Å²) >= 11 is 13.6. The summed E-state index contributed by atoms with van der Waals surface area (Å²) in [5.74, 6) is 0.268. The summed E-state index contributed by atoms with van der Waals surface area (Å²) < 4.78 is 6.29. The van der Waals surface area contributed by atoms with Gasteiger partial charge in [-0.1, -0.05) is 34.5 Å². The lowest BCUT2D eigenvalue weighted by Crippen LogP contribution is -2.37. The van der Waals surface area contributed by atoms with Crippen LogP contribution in [0, 0.1) is 0 Å². The van der Waals surface area contributed by atoms with Crippen molar-refractivity contribution in [3.63, 3.8) is 0 Å². The molecule has 0 aliphatic carbocycles. The van der Waals surface area contributed by atoms with Crippen molar-refractivity contribution in [2.75, 3.05) is 39.2 Å². The number of likely N-dealkylation sites (N-methyl/N-ethyl adjacent to an activating group) is 1. The van der Waals surface area contributed by atoms with Gasteiger partial charge in [0.25, 0.3) is 5.91 Å². The van der Waals surface area contributed by atoms with E-state index in [1.54, 1.807) is 29.2 Å². The largest absolute Gasteiger partial charge is 0.496 e. The van der Waals surface area contributed by atoms with E-state index in [2.05, 4.69) is 4.98 Å². The molecule has 0 N–H and O–H groups in total. The van der Waals surface area contributed by atoms with Crippen LogP contribution in [-0.2, 0) is 0 Å². The van der Waals surface area contributed by atoms with E-state index < -0.39 is 0 Å². The van der Waals surface area contributed by atoms with Crippen molar-refractivity contribution in [2.45, 2.75) is 0 Å². The van der Waals surface area contributed by atoms with Gasteiger partial charge in [0.05, 0.1) is 22.9 Å². The Balaban J connectivity index is 2.04. The Morgan fingerprint density at radius 1 is 1.11 bits per heavy atom. The third kappa shape index (κ3) is 4.52. The molecule has 2 aromatic carbocycles. The van der Waals surface area contributed by atoms with Gasteiger partial charge in [-0.25, -0.2) is 4.98 Å². The van der Waals surface area contributed by atoms with Gasteiger partial charge in [-0.15, -0.1) is 0 Å². The molecule has 3 rings (SSSR count). The van der Waals surface area contributed by atoms with Crippen LogP contribution >= 0.6 is 34.5 Å². The molecule has 3 aromatic rings. The molecule has 8 heteroatoms. The highest BCUT2D eigenvalue weighted by atomic mass is 35.5. The van der Waals surface area contributed by atoms with Gasteiger partial charge in [-0.3, -0.25) is 9.69 Å². The minimum Gasteiger partial charge on any atom is -0.496 e. The third-order valence-corrected chi connectivity index (χ3v) is 5.49. The van der Waals surface area contributed by atoms with E-state index in [0.29, 0.717) is 39.6 Å². The molecular weight excluding hydrogens is 405 g/mol. The van der Waals surface area contributed by atoms with Crippen molar-refractivity contribution in [1.82, 2.24) is 9.88 Å². The van der Waals surface area contributed by atoms with E-state index in [1.165, 1.54) is 18.4 Å². The van der Waals surface area contributed by atoms with Crippen molar-refractivity contribution >= 4 is 55.8 Å². The molecule has 0 saturated carbocycles. The first-order valence-electron chi connectivity index (χ1n) is 8.25. The zero-order valence-corrected chi connectivity index (χ0v) is 17.5. The molecule has 0 unspecified atom stereocenters. The maximum absolute atomic E-state index is 13.3. The molecular formula is C19H19Cl2N3O2S. The lowest BCUT2D eigenvalue weighted by atomic mass is 10.1. The summed E-state index contributed by atoms with van der Waals surface area (Å²) in [5.41, 5.74) is 1.21. The van der Waals surface area contributed by atoms with Crippen LogP contribution in [0.5, 0.6) is 5.75 Å². The van der Waals surface area contributed by atoms with Crippen LogP contribution in [0.4, 0.5) is 5.13 Å². The molecule has 0 aliphatic heterocycles. The Kier molecular flexibility index (Phi) is 6.22. The molecule has 1 heterocycles. The number of amides is 1. The van der Waals surface area contributed by atoms with Crippen molar-refractivity contribution in [1.29, 1.82) is 0 Å². The van der Waals surface area contributed by atoms with Gasteiger partial charge in [0, 0.05) is 23.1 Å². The number of hydrogen-bond acceptors (Lipinski definition) is 5. The summed E-state index contributed by atoms with van der Waals surface area (Å²) in [7, 11) is 5.45. The van der Waals surface area contributed by atoms with E-state index in [0.717, 1.165) is 10.2 Å². The van der Waals surface area contributed by atoms with E-state index in [9.17, 15) is 4.79 Å². The first-order chi connectivity index (χ1) is 12.9. The van der Waals surface area contributed by atoms with Crippen molar-refractivity contribution in [3.8, 4) is 5.75 Å². The Bertz CT molecular complexity index is 975. The minimum absolute atomic E-state index is 0.207. The van der Waals surface area contributed by atoms with Gasteiger partial charge in [0.2, 0.25) is 0 Å². The first kappa shape index (κ1) is 19.9. The van der Waals surface area contributed by atoms with Crippen LogP contribution in [0.25, 0.3) is 10.2 Å². The lowest BCUT2D eigenvalue weighted by Gasteiger charge is -2.23. The monoisotopic (exact) mass is 423 g/mol. The molecule has 27 heavy (non-hydrogen) atoms. The van der Waals surface area contributed by atoms with Gasteiger partial charge < -0.3 is 9.64 Å². The second kappa shape index (κ2) is 8.44. The van der Waals surface area contributed by atoms with E-state index in [1.807, 2.05) is 31.1 Å². The number of nitrogens with zero attached hydrogens (tertiary/aromatic N) is 3. The fraction of sp³-hybridized carbons (Fsp3) is 0.263. The number of hydrogen-bond donors (Lipinski definition) is 0. The molecule has 142 valence electrons. The van der Waals surface area contributed by atoms with Gasteiger partial charge in [0.1, 0.15) is 5.75 Å². The number of halogens is 2. The van der Waals surface area contributed by atoms with E-state index in [-0.39, 0.29) is 5.91 Å². The smallest absolute Gasteiger partial charge is 0.263 e. The highest BCUT2D eigenvalue weighted by Gasteiger charge is 2.24. The molecule has 0 spiro atoms.